The molecule has 17 heavy (non-hydrogen) atoms. The molecule has 0 aromatic carbocycles. The lowest BCUT2D eigenvalue weighted by Gasteiger charge is -2.38. The zero-order valence-electron chi connectivity index (χ0n) is 12.3. The van der Waals surface area contributed by atoms with E-state index in [2.05, 4.69) is 41.2 Å². The lowest BCUT2D eigenvalue weighted by molar-refractivity contribution is -0.858. The quantitative estimate of drug-likeness (QED) is 0.468. The summed E-state index contributed by atoms with van der Waals surface area (Å²) in [6.07, 6.45) is 3.76. The van der Waals surface area contributed by atoms with Crippen molar-refractivity contribution >= 4 is 5.91 Å². The van der Waals surface area contributed by atoms with Crippen molar-refractivity contribution in [3.63, 3.8) is 0 Å². The van der Waals surface area contributed by atoms with Gasteiger partial charge in [0.2, 0.25) is 0 Å². The maximum absolute atomic E-state index is 12.3. The normalized spacial score (nSPS) is 12.2. The van der Waals surface area contributed by atoms with E-state index in [0.29, 0.717) is 16.3 Å². The largest absolute Gasteiger partial charge is 0.338 e. The minimum absolute atomic E-state index is 0.195. The lowest BCUT2D eigenvalue weighted by Crippen LogP contribution is -2.56. The third kappa shape index (κ3) is 5.49. The average Bonchev–Trinajstić information content (AvgIpc) is 2.23. The van der Waals surface area contributed by atoms with Crippen LogP contribution in [0.2, 0.25) is 0 Å². The van der Waals surface area contributed by atoms with E-state index in [1.807, 2.05) is 0 Å². The fraction of sp³-hybridized carbons (Fsp3) is 0.800. The molecule has 0 aliphatic carbocycles. The maximum atomic E-state index is 12.3. The zero-order chi connectivity index (χ0) is 13.5. The highest BCUT2D eigenvalue weighted by Gasteiger charge is 2.35. The van der Waals surface area contributed by atoms with E-state index in [4.69, 9.17) is 0 Å². The number of quaternary nitrogens is 1. The number of amides is 1. The molecule has 0 N–H and O–H groups in total. The molecule has 0 aliphatic heterocycles. The van der Waals surface area contributed by atoms with Crippen molar-refractivity contribution in [3.8, 4) is 0 Å². The van der Waals surface area contributed by atoms with E-state index < -0.39 is 0 Å². The summed E-state index contributed by atoms with van der Waals surface area (Å²) >= 11 is 0. The Morgan fingerprint density at radius 3 is 1.94 bits per heavy atom. The smallest absolute Gasteiger partial charge is 0.256 e. The Morgan fingerprint density at radius 1 is 1.18 bits per heavy atom. The van der Waals surface area contributed by atoms with Gasteiger partial charge in [0.25, 0.3) is 0 Å². The Labute approximate surface area is 107 Å². The van der Waals surface area contributed by atoms with Crippen LogP contribution in [0.15, 0.2) is 12.7 Å². The van der Waals surface area contributed by atoms with Gasteiger partial charge in [-0.2, -0.15) is 0 Å². The highest BCUT2D eigenvalue weighted by Crippen LogP contribution is 2.18. The standard InChI is InChI=1S/C15H30NO/c1-7-9-10-16(11-13(3)4,12-14(5)6)15(17)8-2/h8,13-14H,2,7,9-12H2,1,3-6H3/q+1. The SMILES string of the molecule is C=CC(=O)[N+](CCCC)(CC(C)C)CC(C)C. The first-order chi connectivity index (χ1) is 7.88. The summed E-state index contributed by atoms with van der Waals surface area (Å²) in [6.45, 7) is 17.4. The summed E-state index contributed by atoms with van der Waals surface area (Å²) in [5.41, 5.74) is 0. The Bertz CT molecular complexity index is 233. The molecule has 0 heterocycles. The van der Waals surface area contributed by atoms with Crippen molar-refractivity contribution < 1.29 is 9.28 Å². The van der Waals surface area contributed by atoms with Gasteiger partial charge in [0.05, 0.1) is 19.6 Å². The molecule has 0 unspecified atom stereocenters. The summed E-state index contributed by atoms with van der Waals surface area (Å²) in [4.78, 5) is 12.3. The number of carbonyl (C=O) groups excluding carboxylic acids is 1. The van der Waals surface area contributed by atoms with Gasteiger partial charge >= 0.3 is 5.91 Å². The van der Waals surface area contributed by atoms with E-state index >= 15 is 0 Å². The van der Waals surface area contributed by atoms with Crippen LogP contribution in [0.25, 0.3) is 0 Å². The van der Waals surface area contributed by atoms with Crippen LogP contribution in [0.4, 0.5) is 0 Å². The zero-order valence-corrected chi connectivity index (χ0v) is 12.3. The highest BCUT2D eigenvalue weighted by atomic mass is 16.2. The maximum Gasteiger partial charge on any atom is 0.338 e. The number of nitrogens with zero attached hydrogens (tertiary/aromatic N) is 1. The van der Waals surface area contributed by atoms with Crippen LogP contribution in [-0.4, -0.2) is 30.0 Å². The monoisotopic (exact) mass is 240 g/mol. The molecule has 0 saturated carbocycles. The predicted molar refractivity (Wildman–Crippen MR) is 74.6 cm³/mol. The molecular weight excluding hydrogens is 210 g/mol. The molecule has 1 amide bonds. The van der Waals surface area contributed by atoms with Crippen LogP contribution in [0.1, 0.15) is 47.5 Å². The summed E-state index contributed by atoms with van der Waals surface area (Å²) in [5.74, 6) is 1.27. The first kappa shape index (κ1) is 16.4. The molecule has 0 radical (unpaired) electrons. The van der Waals surface area contributed by atoms with Crippen molar-refractivity contribution in [2.24, 2.45) is 11.8 Å². The topological polar surface area (TPSA) is 17.1 Å². The molecule has 0 rings (SSSR count). The van der Waals surface area contributed by atoms with Gasteiger partial charge in [-0.25, -0.2) is 4.79 Å². The van der Waals surface area contributed by atoms with E-state index in [-0.39, 0.29) is 5.91 Å². The molecule has 0 saturated heterocycles. The van der Waals surface area contributed by atoms with Gasteiger partial charge in [-0.15, -0.1) is 0 Å². The van der Waals surface area contributed by atoms with Crippen LogP contribution in [0.3, 0.4) is 0 Å². The van der Waals surface area contributed by atoms with Gasteiger partial charge in [-0.05, 0) is 6.42 Å². The van der Waals surface area contributed by atoms with Crippen LogP contribution < -0.4 is 0 Å². The van der Waals surface area contributed by atoms with Crippen LogP contribution >= 0.6 is 0 Å². The van der Waals surface area contributed by atoms with E-state index in [0.717, 1.165) is 32.5 Å². The highest BCUT2D eigenvalue weighted by molar-refractivity contribution is 5.80. The van der Waals surface area contributed by atoms with Crippen molar-refractivity contribution in [1.82, 2.24) is 0 Å². The van der Waals surface area contributed by atoms with Crippen molar-refractivity contribution in [1.29, 1.82) is 0 Å². The molecule has 0 atom stereocenters. The third-order valence-corrected chi connectivity index (χ3v) is 3.01. The molecule has 0 fully saturated rings. The summed E-state index contributed by atoms with van der Waals surface area (Å²) in [6, 6.07) is 0. The molecule has 2 heteroatoms. The van der Waals surface area contributed by atoms with E-state index in [1.165, 1.54) is 6.08 Å². The Balaban J connectivity index is 5.03. The summed E-state index contributed by atoms with van der Waals surface area (Å²) in [7, 11) is 0. The first-order valence-corrected chi connectivity index (χ1v) is 6.91. The molecule has 0 spiro atoms. The summed E-state index contributed by atoms with van der Waals surface area (Å²) in [5, 5.41) is 0. The van der Waals surface area contributed by atoms with E-state index in [1.54, 1.807) is 0 Å². The fourth-order valence-corrected chi connectivity index (χ4v) is 2.60. The van der Waals surface area contributed by atoms with Crippen molar-refractivity contribution in [2.45, 2.75) is 47.5 Å². The van der Waals surface area contributed by atoms with Crippen molar-refractivity contribution in [2.75, 3.05) is 19.6 Å². The Hall–Kier alpha value is -0.630. The van der Waals surface area contributed by atoms with Gasteiger partial charge in [0.1, 0.15) is 0 Å². The second kappa shape index (κ2) is 7.65. The molecular formula is C15H30NO+. The second-order valence-corrected chi connectivity index (χ2v) is 5.92. The Morgan fingerprint density at radius 2 is 1.65 bits per heavy atom. The minimum Gasteiger partial charge on any atom is -0.256 e. The van der Waals surface area contributed by atoms with Crippen LogP contribution in [0, 0.1) is 11.8 Å². The number of hydrogen-bond acceptors (Lipinski definition) is 1. The van der Waals surface area contributed by atoms with Crippen molar-refractivity contribution in [3.05, 3.63) is 12.7 Å². The third-order valence-electron chi connectivity index (χ3n) is 3.01. The Kier molecular flexibility index (Phi) is 7.37. The van der Waals surface area contributed by atoms with Gasteiger partial charge in [0.15, 0.2) is 0 Å². The van der Waals surface area contributed by atoms with Crippen LogP contribution in [-0.2, 0) is 4.79 Å². The molecule has 0 bridgehead atoms. The number of hydrogen-bond donors (Lipinski definition) is 0. The minimum atomic E-state index is 0.195. The number of rotatable bonds is 8. The van der Waals surface area contributed by atoms with E-state index in [9.17, 15) is 4.79 Å². The fourth-order valence-electron chi connectivity index (χ4n) is 2.60. The van der Waals surface area contributed by atoms with Gasteiger partial charge < -0.3 is 0 Å². The van der Waals surface area contributed by atoms with Gasteiger partial charge in [0, 0.05) is 17.9 Å². The molecule has 0 aliphatic rings. The first-order valence-electron chi connectivity index (χ1n) is 6.91. The average molecular weight is 240 g/mol. The predicted octanol–water partition coefficient (Wildman–Crippen LogP) is 3.63. The number of carbonyl (C=O) groups is 1. The molecule has 100 valence electrons. The second-order valence-electron chi connectivity index (χ2n) is 5.92. The van der Waals surface area contributed by atoms with Gasteiger partial charge in [-0.3, -0.25) is 4.48 Å². The lowest BCUT2D eigenvalue weighted by atomic mass is 10.1. The summed E-state index contributed by atoms with van der Waals surface area (Å²) < 4.78 is 0.590. The van der Waals surface area contributed by atoms with Gasteiger partial charge in [-0.1, -0.05) is 47.6 Å². The number of unbranched alkanes of at least 4 members (excludes halogenated alkanes) is 1. The molecule has 0 aromatic heterocycles. The molecule has 0 aromatic rings. The molecule has 2 nitrogen and oxygen atoms in total. The van der Waals surface area contributed by atoms with Crippen LogP contribution in [0.5, 0.6) is 0 Å².